The molecule has 1 atom stereocenters. The molecule has 0 heterocycles. The number of ketones is 1. The van der Waals surface area contributed by atoms with E-state index in [0.717, 1.165) is 6.07 Å². The van der Waals surface area contributed by atoms with Gasteiger partial charge in [0.25, 0.3) is 11.7 Å². The number of amides is 1. The monoisotopic (exact) mass is 297 g/mol. The van der Waals surface area contributed by atoms with Gasteiger partial charge in [-0.3, -0.25) is 9.59 Å². The van der Waals surface area contributed by atoms with Gasteiger partial charge in [0, 0.05) is 5.56 Å². The van der Waals surface area contributed by atoms with Gasteiger partial charge in [-0.15, -0.1) is 0 Å². The summed E-state index contributed by atoms with van der Waals surface area (Å²) in [4.78, 5) is 35.1. The van der Waals surface area contributed by atoms with Gasteiger partial charge in [-0.1, -0.05) is 6.07 Å². The van der Waals surface area contributed by atoms with Crippen molar-refractivity contribution in [3.8, 4) is 0 Å². The second-order valence-electron chi connectivity index (χ2n) is 4.25. The first-order valence-electron chi connectivity index (χ1n) is 6.29. The molecule has 1 rings (SSSR count). The van der Waals surface area contributed by atoms with Gasteiger partial charge in [0.2, 0.25) is 0 Å². The van der Waals surface area contributed by atoms with E-state index in [2.05, 4.69) is 10.1 Å². The minimum absolute atomic E-state index is 0.0716. The summed E-state index contributed by atoms with van der Waals surface area (Å²) in [7, 11) is 0. The van der Waals surface area contributed by atoms with Crippen LogP contribution in [0.15, 0.2) is 18.2 Å². The number of carbonyl (C=O) groups is 3. The standard InChI is InChI=1S/C14H16FNO5/c1-3-21-14(20)11(7-17)16-13(19)12(18)10-6-9(15)5-4-8(10)2/h4-6,11,17H,3,7H2,1-2H3,(H,16,19). The van der Waals surface area contributed by atoms with Crippen molar-refractivity contribution in [2.75, 3.05) is 13.2 Å². The van der Waals surface area contributed by atoms with Crippen LogP contribution in [0, 0.1) is 12.7 Å². The first kappa shape index (κ1) is 16.8. The number of esters is 1. The van der Waals surface area contributed by atoms with Crippen molar-refractivity contribution in [3.05, 3.63) is 35.1 Å². The van der Waals surface area contributed by atoms with Crippen LogP contribution >= 0.6 is 0 Å². The summed E-state index contributed by atoms with van der Waals surface area (Å²) in [5, 5.41) is 11.1. The number of halogens is 1. The Bertz CT molecular complexity index is 558. The Hall–Kier alpha value is -2.28. The van der Waals surface area contributed by atoms with Gasteiger partial charge in [0.1, 0.15) is 5.82 Å². The van der Waals surface area contributed by atoms with Crippen LogP contribution in [-0.4, -0.2) is 42.0 Å². The Morgan fingerprint density at radius 1 is 1.38 bits per heavy atom. The molecule has 6 nitrogen and oxygen atoms in total. The quantitative estimate of drug-likeness (QED) is 0.449. The molecule has 0 aliphatic carbocycles. The van der Waals surface area contributed by atoms with Gasteiger partial charge < -0.3 is 15.2 Å². The molecule has 0 saturated carbocycles. The van der Waals surface area contributed by atoms with Crippen molar-refractivity contribution in [3.63, 3.8) is 0 Å². The third kappa shape index (κ3) is 4.35. The number of hydrogen-bond donors (Lipinski definition) is 2. The average molecular weight is 297 g/mol. The molecule has 0 radical (unpaired) electrons. The zero-order valence-electron chi connectivity index (χ0n) is 11.7. The van der Waals surface area contributed by atoms with Gasteiger partial charge in [0.15, 0.2) is 6.04 Å². The Morgan fingerprint density at radius 3 is 2.62 bits per heavy atom. The minimum atomic E-state index is -1.34. The fraction of sp³-hybridized carbons (Fsp3) is 0.357. The highest BCUT2D eigenvalue weighted by Crippen LogP contribution is 2.11. The molecule has 0 aliphatic rings. The van der Waals surface area contributed by atoms with Crippen molar-refractivity contribution in [2.45, 2.75) is 19.9 Å². The van der Waals surface area contributed by atoms with Crippen LogP contribution in [0.4, 0.5) is 4.39 Å². The Balaban J connectivity index is 2.85. The second-order valence-corrected chi connectivity index (χ2v) is 4.25. The number of hydrogen-bond acceptors (Lipinski definition) is 5. The topological polar surface area (TPSA) is 92.7 Å². The van der Waals surface area contributed by atoms with E-state index in [1.54, 1.807) is 13.8 Å². The van der Waals surface area contributed by atoms with Gasteiger partial charge in [0.05, 0.1) is 13.2 Å². The highest BCUT2D eigenvalue weighted by atomic mass is 19.1. The number of rotatable bonds is 6. The maximum Gasteiger partial charge on any atom is 0.331 e. The van der Waals surface area contributed by atoms with Crippen LogP contribution in [-0.2, 0) is 14.3 Å². The first-order valence-corrected chi connectivity index (χ1v) is 6.29. The molecular formula is C14H16FNO5. The minimum Gasteiger partial charge on any atom is -0.464 e. The Kier molecular flexibility index (Phi) is 5.98. The van der Waals surface area contributed by atoms with Crippen LogP contribution in [0.3, 0.4) is 0 Å². The van der Waals surface area contributed by atoms with Crippen LogP contribution in [0.25, 0.3) is 0 Å². The van der Waals surface area contributed by atoms with E-state index < -0.39 is 36.1 Å². The fourth-order valence-electron chi connectivity index (χ4n) is 1.61. The number of ether oxygens (including phenoxy) is 1. The average Bonchev–Trinajstić information content (AvgIpc) is 2.46. The predicted octanol–water partition coefficient (Wildman–Crippen LogP) is 0.357. The third-order valence-corrected chi connectivity index (χ3v) is 2.71. The number of nitrogens with one attached hydrogen (secondary N) is 1. The summed E-state index contributed by atoms with van der Waals surface area (Å²) in [5.74, 6) is -3.61. The van der Waals surface area contributed by atoms with Crippen LogP contribution in [0.1, 0.15) is 22.8 Å². The highest BCUT2D eigenvalue weighted by molar-refractivity contribution is 6.43. The molecular weight excluding hydrogens is 281 g/mol. The second kappa shape index (κ2) is 7.49. The van der Waals surface area contributed by atoms with E-state index in [4.69, 9.17) is 5.11 Å². The van der Waals surface area contributed by atoms with E-state index >= 15 is 0 Å². The predicted molar refractivity (Wildman–Crippen MR) is 71.1 cm³/mol. The molecule has 7 heteroatoms. The maximum atomic E-state index is 13.1. The zero-order valence-corrected chi connectivity index (χ0v) is 11.7. The van der Waals surface area contributed by atoms with Gasteiger partial charge in [-0.25, -0.2) is 9.18 Å². The molecule has 1 aromatic carbocycles. The molecule has 0 bridgehead atoms. The Labute approximate surface area is 120 Å². The number of aliphatic hydroxyl groups excluding tert-OH is 1. The third-order valence-electron chi connectivity index (χ3n) is 2.71. The molecule has 2 N–H and O–H groups in total. The SMILES string of the molecule is CCOC(=O)C(CO)NC(=O)C(=O)c1cc(F)ccc1C. The molecule has 21 heavy (non-hydrogen) atoms. The molecule has 1 aromatic rings. The summed E-state index contributed by atoms with van der Waals surface area (Å²) < 4.78 is 17.8. The summed E-state index contributed by atoms with van der Waals surface area (Å²) in [5.41, 5.74) is 0.321. The number of benzene rings is 1. The zero-order chi connectivity index (χ0) is 16.0. The van der Waals surface area contributed by atoms with Gasteiger partial charge in [-0.05, 0) is 31.5 Å². The Morgan fingerprint density at radius 2 is 2.05 bits per heavy atom. The normalized spacial score (nSPS) is 11.6. The maximum absolute atomic E-state index is 13.1. The van der Waals surface area contributed by atoms with E-state index in [0.29, 0.717) is 5.56 Å². The summed E-state index contributed by atoms with van der Waals surface area (Å²) in [6, 6.07) is 2.13. The van der Waals surface area contributed by atoms with E-state index in [-0.39, 0.29) is 12.2 Å². The molecule has 0 spiro atoms. The van der Waals surface area contributed by atoms with E-state index in [9.17, 15) is 18.8 Å². The summed E-state index contributed by atoms with van der Waals surface area (Å²) in [6.07, 6.45) is 0. The lowest BCUT2D eigenvalue weighted by Gasteiger charge is -2.14. The summed E-state index contributed by atoms with van der Waals surface area (Å²) >= 11 is 0. The highest BCUT2D eigenvalue weighted by Gasteiger charge is 2.26. The van der Waals surface area contributed by atoms with Crippen molar-refractivity contribution in [1.29, 1.82) is 0 Å². The largest absolute Gasteiger partial charge is 0.464 e. The summed E-state index contributed by atoms with van der Waals surface area (Å²) in [6.45, 7) is 2.48. The molecule has 0 fully saturated rings. The number of carbonyl (C=O) groups excluding carboxylic acids is 3. The number of aryl methyl sites for hydroxylation is 1. The van der Waals surface area contributed by atoms with Crippen LogP contribution < -0.4 is 5.32 Å². The molecule has 0 aliphatic heterocycles. The lowest BCUT2D eigenvalue weighted by molar-refractivity contribution is -0.148. The van der Waals surface area contributed by atoms with Gasteiger partial charge in [-0.2, -0.15) is 0 Å². The molecule has 0 aromatic heterocycles. The van der Waals surface area contributed by atoms with Crippen LogP contribution in [0.2, 0.25) is 0 Å². The number of Topliss-reactive ketones (excluding diaryl/α,β-unsaturated/α-hetero) is 1. The number of aliphatic hydroxyl groups is 1. The van der Waals surface area contributed by atoms with Gasteiger partial charge >= 0.3 is 5.97 Å². The van der Waals surface area contributed by atoms with E-state index in [1.165, 1.54) is 12.1 Å². The smallest absolute Gasteiger partial charge is 0.331 e. The molecule has 1 unspecified atom stereocenters. The first-order chi connectivity index (χ1) is 9.90. The van der Waals surface area contributed by atoms with Crippen molar-refractivity contribution < 1.29 is 28.6 Å². The van der Waals surface area contributed by atoms with E-state index in [1.807, 2.05) is 0 Å². The van der Waals surface area contributed by atoms with Crippen molar-refractivity contribution in [1.82, 2.24) is 5.32 Å². The molecule has 0 saturated heterocycles. The lowest BCUT2D eigenvalue weighted by atomic mass is 10.0. The molecule has 1 amide bonds. The molecule has 114 valence electrons. The van der Waals surface area contributed by atoms with Crippen LogP contribution in [0.5, 0.6) is 0 Å². The van der Waals surface area contributed by atoms with Crippen molar-refractivity contribution in [2.24, 2.45) is 0 Å². The van der Waals surface area contributed by atoms with Crippen molar-refractivity contribution >= 4 is 17.7 Å². The fourth-order valence-corrected chi connectivity index (χ4v) is 1.61. The lowest BCUT2D eigenvalue weighted by Crippen LogP contribution is -2.47.